The second kappa shape index (κ2) is 9.30. The van der Waals surface area contributed by atoms with Crippen molar-refractivity contribution in [1.29, 1.82) is 0 Å². The van der Waals surface area contributed by atoms with Gasteiger partial charge in [0.15, 0.2) is 5.16 Å². The summed E-state index contributed by atoms with van der Waals surface area (Å²) in [5.74, 6) is -0.0752. The Balaban J connectivity index is 1.52. The van der Waals surface area contributed by atoms with Gasteiger partial charge in [0.05, 0.1) is 16.8 Å². The van der Waals surface area contributed by atoms with Crippen LogP contribution in [0.1, 0.15) is 10.4 Å². The number of hydrogen-bond acceptors (Lipinski definition) is 6. The zero-order valence-electron chi connectivity index (χ0n) is 17.9. The lowest BCUT2D eigenvalue weighted by atomic mass is 10.1. The van der Waals surface area contributed by atoms with Gasteiger partial charge in [0.1, 0.15) is 4.83 Å². The lowest BCUT2D eigenvalue weighted by Crippen LogP contribution is -2.27. The first-order valence-electron chi connectivity index (χ1n) is 10.5. The van der Waals surface area contributed by atoms with E-state index in [2.05, 4.69) is 17.3 Å². The largest absolute Gasteiger partial charge is 0.325 e. The fraction of sp³-hybridized carbons (Fsp3) is 0.208. The number of carbonyl (C=O) groups is 1. The van der Waals surface area contributed by atoms with Crippen molar-refractivity contribution in [3.8, 4) is 5.69 Å². The summed E-state index contributed by atoms with van der Waals surface area (Å²) < 4.78 is 1.63. The number of fused-ring (bicyclic) bond motifs is 3. The molecule has 5 rings (SSSR count). The van der Waals surface area contributed by atoms with Gasteiger partial charge < -0.3 is 10.2 Å². The Morgan fingerprint density at radius 1 is 1.21 bits per heavy atom. The van der Waals surface area contributed by atoms with Gasteiger partial charge in [-0.25, -0.2) is 4.98 Å². The third-order valence-corrected chi connectivity index (χ3v) is 7.77. The number of thiophene rings is 1. The zero-order valence-corrected chi connectivity index (χ0v) is 20.3. The molecule has 4 aromatic rings. The smallest absolute Gasteiger partial charge is 0.267 e. The molecular formula is C24H21ClN4O2S2. The van der Waals surface area contributed by atoms with Gasteiger partial charge in [-0.3, -0.25) is 14.2 Å². The van der Waals surface area contributed by atoms with E-state index in [4.69, 9.17) is 16.6 Å². The molecule has 0 saturated carbocycles. The van der Waals surface area contributed by atoms with Gasteiger partial charge in [-0.2, -0.15) is 0 Å². The van der Waals surface area contributed by atoms with Crippen molar-refractivity contribution < 1.29 is 4.79 Å². The van der Waals surface area contributed by atoms with E-state index in [1.54, 1.807) is 40.2 Å². The van der Waals surface area contributed by atoms with Crippen LogP contribution in [0.4, 0.5) is 5.69 Å². The second-order valence-electron chi connectivity index (χ2n) is 7.89. The van der Waals surface area contributed by atoms with Crippen LogP contribution < -0.4 is 10.9 Å². The number of thioether (sulfide) groups is 1. The molecule has 33 heavy (non-hydrogen) atoms. The number of aromatic nitrogens is 2. The van der Waals surface area contributed by atoms with Crippen LogP contribution in [-0.2, 0) is 17.8 Å². The quantitative estimate of drug-likeness (QED) is 0.317. The SMILES string of the molecule is CN1CCc2c(sc3nc(SCC(=O)Nc4cccc(Cl)c4)n(-c4ccccc4)c(=O)c23)C1. The molecule has 2 aromatic carbocycles. The van der Waals surface area contributed by atoms with Gasteiger partial charge in [0.25, 0.3) is 5.56 Å². The zero-order chi connectivity index (χ0) is 22.9. The van der Waals surface area contributed by atoms with E-state index in [0.29, 0.717) is 21.3 Å². The molecule has 0 bridgehead atoms. The normalized spacial score (nSPS) is 13.8. The maximum absolute atomic E-state index is 13.7. The van der Waals surface area contributed by atoms with E-state index in [0.717, 1.165) is 35.6 Å². The van der Waals surface area contributed by atoms with E-state index in [1.165, 1.54) is 16.6 Å². The summed E-state index contributed by atoms with van der Waals surface area (Å²) in [7, 11) is 2.09. The Morgan fingerprint density at radius 3 is 2.82 bits per heavy atom. The van der Waals surface area contributed by atoms with Crippen LogP contribution in [-0.4, -0.2) is 39.7 Å². The summed E-state index contributed by atoms with van der Waals surface area (Å²) in [4.78, 5) is 35.4. The first kappa shape index (κ1) is 22.2. The summed E-state index contributed by atoms with van der Waals surface area (Å²) in [5.41, 5.74) is 2.41. The highest BCUT2D eigenvalue weighted by Crippen LogP contribution is 2.34. The van der Waals surface area contributed by atoms with Crippen molar-refractivity contribution in [2.75, 3.05) is 24.7 Å². The minimum absolute atomic E-state index is 0.0778. The molecule has 6 nitrogen and oxygen atoms in total. The van der Waals surface area contributed by atoms with E-state index >= 15 is 0 Å². The average molecular weight is 497 g/mol. The summed E-state index contributed by atoms with van der Waals surface area (Å²) in [6, 6.07) is 16.5. The Labute approximate surface area is 204 Å². The van der Waals surface area contributed by atoms with Crippen LogP contribution >= 0.6 is 34.7 Å². The Morgan fingerprint density at radius 2 is 2.03 bits per heavy atom. The minimum Gasteiger partial charge on any atom is -0.325 e. The topological polar surface area (TPSA) is 67.2 Å². The van der Waals surface area contributed by atoms with Gasteiger partial charge in [-0.1, -0.05) is 47.6 Å². The third-order valence-electron chi connectivity index (χ3n) is 5.49. The fourth-order valence-corrected chi connectivity index (χ4v) is 6.29. The number of likely N-dealkylation sites (N-methyl/N-ethyl adjacent to an activating group) is 1. The molecule has 1 aliphatic rings. The van der Waals surface area contributed by atoms with Crippen molar-refractivity contribution in [3.63, 3.8) is 0 Å². The number of halogens is 1. The average Bonchev–Trinajstić information content (AvgIpc) is 3.16. The van der Waals surface area contributed by atoms with Crippen LogP contribution in [0, 0.1) is 0 Å². The number of para-hydroxylation sites is 1. The molecule has 0 fully saturated rings. The van der Waals surface area contributed by atoms with E-state index in [9.17, 15) is 9.59 Å². The van der Waals surface area contributed by atoms with Crippen molar-refractivity contribution >= 4 is 56.5 Å². The van der Waals surface area contributed by atoms with Gasteiger partial charge >= 0.3 is 0 Å². The highest BCUT2D eigenvalue weighted by Gasteiger charge is 2.24. The van der Waals surface area contributed by atoms with Gasteiger partial charge in [-0.05, 0) is 49.4 Å². The predicted molar refractivity (Wildman–Crippen MR) is 136 cm³/mol. The molecule has 1 N–H and O–H groups in total. The van der Waals surface area contributed by atoms with Crippen LogP contribution in [0.15, 0.2) is 64.5 Å². The van der Waals surface area contributed by atoms with Gasteiger partial charge in [0.2, 0.25) is 5.91 Å². The number of rotatable bonds is 5. The Bertz CT molecular complexity index is 1400. The summed E-state index contributed by atoms with van der Waals surface area (Å²) in [6.45, 7) is 1.75. The molecule has 0 radical (unpaired) electrons. The molecule has 0 aliphatic carbocycles. The molecule has 168 valence electrons. The molecule has 1 aliphatic heterocycles. The maximum atomic E-state index is 13.7. The lowest BCUT2D eigenvalue weighted by Gasteiger charge is -2.21. The number of nitrogens with one attached hydrogen (secondary N) is 1. The molecular weight excluding hydrogens is 476 g/mol. The van der Waals surface area contributed by atoms with E-state index in [1.807, 2.05) is 30.3 Å². The van der Waals surface area contributed by atoms with E-state index < -0.39 is 0 Å². The van der Waals surface area contributed by atoms with Crippen molar-refractivity contribution in [1.82, 2.24) is 14.5 Å². The number of nitrogens with zero attached hydrogens (tertiary/aromatic N) is 3. The number of hydrogen-bond donors (Lipinski definition) is 1. The van der Waals surface area contributed by atoms with Crippen molar-refractivity contribution in [2.24, 2.45) is 0 Å². The minimum atomic E-state index is -0.191. The highest BCUT2D eigenvalue weighted by atomic mass is 35.5. The number of carbonyl (C=O) groups excluding carboxylic acids is 1. The summed E-state index contributed by atoms with van der Waals surface area (Å²) >= 11 is 8.84. The number of benzene rings is 2. The molecule has 0 atom stereocenters. The summed E-state index contributed by atoms with van der Waals surface area (Å²) in [6.07, 6.45) is 0.839. The van der Waals surface area contributed by atoms with Gasteiger partial charge in [-0.15, -0.1) is 11.3 Å². The molecule has 0 unspecified atom stereocenters. The monoisotopic (exact) mass is 496 g/mol. The molecule has 1 amide bonds. The van der Waals surface area contributed by atoms with Crippen molar-refractivity contribution in [3.05, 3.63) is 80.4 Å². The van der Waals surface area contributed by atoms with Crippen LogP contribution in [0.3, 0.4) is 0 Å². The summed E-state index contributed by atoms with van der Waals surface area (Å²) in [5, 5.41) is 4.61. The van der Waals surface area contributed by atoms with E-state index in [-0.39, 0.29) is 17.2 Å². The van der Waals surface area contributed by atoms with Crippen molar-refractivity contribution in [2.45, 2.75) is 18.1 Å². The van der Waals surface area contributed by atoms with Crippen LogP contribution in [0.25, 0.3) is 15.9 Å². The Hall–Kier alpha value is -2.65. The molecule has 0 saturated heterocycles. The van der Waals surface area contributed by atoms with Gasteiger partial charge in [0, 0.05) is 28.7 Å². The van der Waals surface area contributed by atoms with Crippen LogP contribution in [0.2, 0.25) is 5.02 Å². The van der Waals surface area contributed by atoms with Crippen LogP contribution in [0.5, 0.6) is 0 Å². The predicted octanol–water partition coefficient (Wildman–Crippen LogP) is 4.82. The molecule has 2 aromatic heterocycles. The first-order chi connectivity index (χ1) is 16.0. The molecule has 9 heteroatoms. The standard InChI is InChI=1S/C24H21ClN4O2S2/c1-28-11-10-18-19(13-28)33-22-21(18)23(31)29(17-8-3-2-4-9-17)24(27-22)32-14-20(30)26-16-7-5-6-15(25)12-16/h2-9,12H,10-11,13-14H2,1H3,(H,26,30). The fourth-order valence-electron chi connectivity index (χ4n) is 3.95. The highest BCUT2D eigenvalue weighted by molar-refractivity contribution is 7.99. The lowest BCUT2D eigenvalue weighted by molar-refractivity contribution is -0.113. The Kier molecular flexibility index (Phi) is 6.25. The first-order valence-corrected chi connectivity index (χ1v) is 12.7. The molecule has 0 spiro atoms. The molecule has 3 heterocycles. The number of anilines is 1. The number of amides is 1. The third kappa shape index (κ3) is 4.56. The maximum Gasteiger partial charge on any atom is 0.267 e. The second-order valence-corrected chi connectivity index (χ2v) is 10.4.